The van der Waals surface area contributed by atoms with E-state index in [4.69, 9.17) is 27.9 Å². The van der Waals surface area contributed by atoms with Crippen LogP contribution in [-0.2, 0) is 9.53 Å². The molecule has 0 saturated heterocycles. The number of carbonyl (C=O) groups excluding carboxylic acids is 2. The van der Waals surface area contributed by atoms with Crippen LogP contribution in [0.25, 0.3) is 0 Å². The number of amides is 1. The number of ether oxygens (including phenoxy) is 1. The number of nitrogens with one attached hydrogen (secondary N) is 1. The Hall–Kier alpha value is -1.26. The second-order valence-corrected chi connectivity index (χ2v) is 5.74. The molecule has 0 bridgehead atoms. The zero-order valence-electron chi connectivity index (χ0n) is 11.0. The monoisotopic (exact) mass is 315 g/mol. The van der Waals surface area contributed by atoms with Gasteiger partial charge in [0.2, 0.25) is 0 Å². The summed E-state index contributed by atoms with van der Waals surface area (Å²) in [7, 11) is 0. The predicted molar refractivity (Wildman–Crippen MR) is 77.1 cm³/mol. The second kappa shape index (κ2) is 6.46. The number of rotatable bonds is 5. The van der Waals surface area contributed by atoms with Gasteiger partial charge in [-0.05, 0) is 43.9 Å². The first-order valence-corrected chi connectivity index (χ1v) is 7.14. The Kier molecular flexibility index (Phi) is 4.89. The van der Waals surface area contributed by atoms with Gasteiger partial charge in [0.15, 0.2) is 6.61 Å². The molecule has 0 heterocycles. The summed E-state index contributed by atoms with van der Waals surface area (Å²) in [5.41, 5.74) is 0.194. The van der Waals surface area contributed by atoms with E-state index in [0.717, 1.165) is 12.8 Å². The van der Waals surface area contributed by atoms with Gasteiger partial charge in [0.1, 0.15) is 0 Å². The molecule has 4 nitrogen and oxygen atoms in total. The molecule has 1 aromatic carbocycles. The maximum atomic E-state index is 11.8. The molecule has 20 heavy (non-hydrogen) atoms. The summed E-state index contributed by atoms with van der Waals surface area (Å²) in [5.74, 6) is -0.385. The molecule has 108 valence electrons. The molecule has 1 aliphatic rings. The molecule has 1 aliphatic carbocycles. The van der Waals surface area contributed by atoms with Gasteiger partial charge < -0.3 is 10.1 Å². The summed E-state index contributed by atoms with van der Waals surface area (Å²) in [6.07, 6.45) is 2.28. The highest BCUT2D eigenvalue weighted by Crippen LogP contribution is 2.32. The van der Waals surface area contributed by atoms with Crippen molar-refractivity contribution >= 4 is 35.1 Å². The summed E-state index contributed by atoms with van der Waals surface area (Å²) in [4.78, 5) is 23.4. The predicted octanol–water partition coefficient (Wildman–Crippen LogP) is 3.06. The van der Waals surface area contributed by atoms with E-state index in [1.165, 1.54) is 12.1 Å². The van der Waals surface area contributed by atoms with Crippen molar-refractivity contribution in [2.75, 3.05) is 6.61 Å². The van der Waals surface area contributed by atoms with Crippen LogP contribution in [0.1, 0.15) is 30.1 Å². The van der Waals surface area contributed by atoms with Crippen molar-refractivity contribution < 1.29 is 14.3 Å². The summed E-state index contributed by atoms with van der Waals surface area (Å²) < 4.78 is 4.93. The lowest BCUT2D eigenvalue weighted by Gasteiger charge is -2.13. The third-order valence-electron chi connectivity index (χ3n) is 3.20. The van der Waals surface area contributed by atoms with E-state index in [0.29, 0.717) is 10.9 Å². The van der Waals surface area contributed by atoms with Gasteiger partial charge in [0, 0.05) is 11.1 Å². The molecule has 1 aromatic rings. The fourth-order valence-corrected chi connectivity index (χ4v) is 2.36. The Balaban J connectivity index is 1.83. The third kappa shape index (κ3) is 4.12. The van der Waals surface area contributed by atoms with Crippen molar-refractivity contribution in [2.45, 2.75) is 25.8 Å². The molecule has 0 unspecified atom stereocenters. The molecular formula is C14H15Cl2NO3. The van der Waals surface area contributed by atoms with Gasteiger partial charge in [-0.15, -0.1) is 0 Å². The third-order valence-corrected chi connectivity index (χ3v) is 3.75. The standard InChI is InChI=1S/C14H15Cl2NO3/c1-8(9-2-3-9)17-13(18)7-20-14(19)11-5-4-10(15)6-12(11)16/h4-6,8-9H,2-3,7H2,1H3,(H,17,18)/t8-/m1/s1. The lowest BCUT2D eigenvalue weighted by atomic mass is 10.2. The Bertz CT molecular complexity index is 529. The van der Waals surface area contributed by atoms with Gasteiger partial charge in [-0.3, -0.25) is 4.79 Å². The summed E-state index contributed by atoms with van der Waals surface area (Å²) >= 11 is 11.6. The van der Waals surface area contributed by atoms with Crippen molar-refractivity contribution in [2.24, 2.45) is 5.92 Å². The van der Waals surface area contributed by atoms with Crippen LogP contribution in [0, 0.1) is 5.92 Å². The minimum atomic E-state index is -0.638. The smallest absolute Gasteiger partial charge is 0.340 e. The fraction of sp³-hybridized carbons (Fsp3) is 0.429. The first kappa shape index (κ1) is 15.1. The van der Waals surface area contributed by atoms with Crippen molar-refractivity contribution in [1.82, 2.24) is 5.32 Å². The second-order valence-electron chi connectivity index (χ2n) is 4.89. The van der Waals surface area contributed by atoms with E-state index in [2.05, 4.69) is 5.32 Å². The molecule has 1 amide bonds. The van der Waals surface area contributed by atoms with E-state index in [1.807, 2.05) is 6.92 Å². The maximum absolute atomic E-state index is 11.8. The van der Waals surface area contributed by atoms with Crippen LogP contribution in [0.2, 0.25) is 10.0 Å². The summed E-state index contributed by atoms with van der Waals surface area (Å²) in [6.45, 7) is 1.64. The highest BCUT2D eigenvalue weighted by Gasteiger charge is 2.29. The number of carbonyl (C=O) groups is 2. The van der Waals surface area contributed by atoms with Crippen LogP contribution in [0.5, 0.6) is 0 Å². The minimum Gasteiger partial charge on any atom is -0.452 e. The quantitative estimate of drug-likeness (QED) is 0.850. The molecule has 0 aliphatic heterocycles. The van der Waals surface area contributed by atoms with Gasteiger partial charge in [0.25, 0.3) is 5.91 Å². The fourth-order valence-electron chi connectivity index (χ4n) is 1.87. The van der Waals surface area contributed by atoms with Gasteiger partial charge in [0.05, 0.1) is 10.6 Å². The zero-order chi connectivity index (χ0) is 14.7. The molecule has 0 aromatic heterocycles. The topological polar surface area (TPSA) is 55.4 Å². The molecular weight excluding hydrogens is 301 g/mol. The lowest BCUT2D eigenvalue weighted by molar-refractivity contribution is -0.124. The Morgan fingerprint density at radius 3 is 2.70 bits per heavy atom. The van der Waals surface area contributed by atoms with Crippen molar-refractivity contribution in [3.63, 3.8) is 0 Å². The van der Waals surface area contributed by atoms with Crippen molar-refractivity contribution in [3.05, 3.63) is 33.8 Å². The van der Waals surface area contributed by atoms with Crippen molar-refractivity contribution in [3.8, 4) is 0 Å². The molecule has 1 saturated carbocycles. The van der Waals surface area contributed by atoms with Crippen LogP contribution >= 0.6 is 23.2 Å². The number of hydrogen-bond donors (Lipinski definition) is 1. The largest absolute Gasteiger partial charge is 0.452 e. The average molecular weight is 316 g/mol. The Morgan fingerprint density at radius 2 is 2.10 bits per heavy atom. The molecule has 1 fully saturated rings. The van der Waals surface area contributed by atoms with Crippen LogP contribution in [-0.4, -0.2) is 24.5 Å². The molecule has 2 rings (SSSR count). The molecule has 6 heteroatoms. The van der Waals surface area contributed by atoms with Gasteiger partial charge in [-0.2, -0.15) is 0 Å². The maximum Gasteiger partial charge on any atom is 0.340 e. The van der Waals surface area contributed by atoms with E-state index >= 15 is 0 Å². The van der Waals surface area contributed by atoms with E-state index < -0.39 is 5.97 Å². The molecule has 0 spiro atoms. The zero-order valence-corrected chi connectivity index (χ0v) is 12.5. The normalized spacial score (nSPS) is 15.6. The highest BCUT2D eigenvalue weighted by molar-refractivity contribution is 6.36. The molecule has 1 N–H and O–H groups in total. The first-order valence-electron chi connectivity index (χ1n) is 6.39. The van der Waals surface area contributed by atoms with E-state index in [9.17, 15) is 9.59 Å². The average Bonchev–Trinajstić information content (AvgIpc) is 3.20. The van der Waals surface area contributed by atoms with Gasteiger partial charge >= 0.3 is 5.97 Å². The molecule has 0 radical (unpaired) electrons. The Labute approximate surface area is 127 Å². The van der Waals surface area contributed by atoms with Crippen molar-refractivity contribution in [1.29, 1.82) is 0 Å². The number of esters is 1. The SMILES string of the molecule is C[C@@H](NC(=O)COC(=O)c1ccc(Cl)cc1Cl)C1CC1. The minimum absolute atomic E-state index is 0.125. The summed E-state index contributed by atoms with van der Waals surface area (Å²) in [6, 6.07) is 4.59. The lowest BCUT2D eigenvalue weighted by Crippen LogP contribution is -2.37. The van der Waals surface area contributed by atoms with E-state index in [1.54, 1.807) is 6.07 Å². The van der Waals surface area contributed by atoms with Crippen LogP contribution in [0.15, 0.2) is 18.2 Å². The molecule has 1 atom stereocenters. The highest BCUT2D eigenvalue weighted by atomic mass is 35.5. The van der Waals surface area contributed by atoms with Gasteiger partial charge in [-0.1, -0.05) is 23.2 Å². The summed E-state index contributed by atoms with van der Waals surface area (Å²) in [5, 5.41) is 3.44. The first-order chi connectivity index (χ1) is 9.47. The van der Waals surface area contributed by atoms with Crippen LogP contribution in [0.3, 0.4) is 0 Å². The Morgan fingerprint density at radius 1 is 1.40 bits per heavy atom. The van der Waals surface area contributed by atoms with E-state index in [-0.39, 0.29) is 29.1 Å². The number of benzene rings is 1. The van der Waals surface area contributed by atoms with Crippen LogP contribution in [0.4, 0.5) is 0 Å². The number of hydrogen-bond acceptors (Lipinski definition) is 3. The van der Waals surface area contributed by atoms with Crippen LogP contribution < -0.4 is 5.32 Å². The number of halogens is 2. The van der Waals surface area contributed by atoms with Gasteiger partial charge in [-0.25, -0.2) is 4.79 Å².